The van der Waals surface area contributed by atoms with Gasteiger partial charge in [-0.3, -0.25) is 25.3 Å². The summed E-state index contributed by atoms with van der Waals surface area (Å²) in [5.41, 5.74) is 10.7. The van der Waals surface area contributed by atoms with E-state index in [0.29, 0.717) is 16.0 Å². The van der Waals surface area contributed by atoms with Gasteiger partial charge in [0.1, 0.15) is 29.5 Å². The number of amides is 4. The van der Waals surface area contributed by atoms with Crippen LogP contribution in [-0.4, -0.2) is 52.3 Å². The Morgan fingerprint density at radius 3 is 2.51 bits per heavy atom. The molecule has 0 aliphatic carbocycles. The van der Waals surface area contributed by atoms with Crippen LogP contribution in [0.5, 0.6) is 0 Å². The van der Waals surface area contributed by atoms with E-state index in [1.54, 1.807) is 36.4 Å². The SMILES string of the molecule is CC(=O)CC[C@]1(Cc2cccc(C(=N)N)c2)NC(=O)N(CC(=O)NCc2ccc(C(=N)N)s2)C1=O. The fourth-order valence-corrected chi connectivity index (χ4v) is 4.60. The van der Waals surface area contributed by atoms with Gasteiger partial charge in [-0.2, -0.15) is 0 Å². The molecular formula is C23H27N7O4S. The molecule has 2 aromatic rings. The van der Waals surface area contributed by atoms with Crippen molar-refractivity contribution in [3.05, 3.63) is 57.3 Å². The van der Waals surface area contributed by atoms with Crippen molar-refractivity contribution >= 4 is 46.6 Å². The first-order valence-electron chi connectivity index (χ1n) is 10.8. The fraction of sp³-hybridized carbons (Fsp3) is 0.304. The van der Waals surface area contributed by atoms with Crippen LogP contribution in [0.25, 0.3) is 0 Å². The Morgan fingerprint density at radius 1 is 1.14 bits per heavy atom. The molecule has 0 unspecified atom stereocenters. The lowest BCUT2D eigenvalue weighted by molar-refractivity contribution is -0.135. The molecule has 1 atom stereocenters. The molecule has 12 heteroatoms. The highest BCUT2D eigenvalue weighted by molar-refractivity contribution is 7.14. The number of rotatable bonds is 11. The van der Waals surface area contributed by atoms with Gasteiger partial charge in [0.05, 0.1) is 11.4 Å². The lowest BCUT2D eigenvalue weighted by Crippen LogP contribution is -2.50. The first-order valence-corrected chi connectivity index (χ1v) is 11.6. The van der Waals surface area contributed by atoms with E-state index in [2.05, 4.69) is 10.6 Å². The molecule has 3 rings (SSSR count). The van der Waals surface area contributed by atoms with Gasteiger partial charge in [0, 0.05) is 23.3 Å². The van der Waals surface area contributed by atoms with Gasteiger partial charge in [0.15, 0.2) is 0 Å². The Hall–Kier alpha value is -4.06. The number of carbonyl (C=O) groups excluding carboxylic acids is 4. The van der Waals surface area contributed by atoms with Gasteiger partial charge in [-0.05, 0) is 37.1 Å². The largest absolute Gasteiger partial charge is 0.384 e. The Labute approximate surface area is 205 Å². The van der Waals surface area contributed by atoms with Gasteiger partial charge < -0.3 is 26.9 Å². The second-order valence-corrected chi connectivity index (χ2v) is 9.52. The molecule has 11 nitrogen and oxygen atoms in total. The second kappa shape index (κ2) is 10.5. The minimum absolute atomic E-state index is 0.0648. The van der Waals surface area contributed by atoms with Gasteiger partial charge in [-0.25, -0.2) is 4.79 Å². The summed E-state index contributed by atoms with van der Waals surface area (Å²) in [5, 5.41) is 20.4. The third-order valence-electron chi connectivity index (χ3n) is 5.58. The number of urea groups is 1. The van der Waals surface area contributed by atoms with Crippen LogP contribution in [0.2, 0.25) is 0 Å². The number of nitrogen functional groups attached to an aromatic ring is 2. The number of thiophene rings is 1. The van der Waals surface area contributed by atoms with Gasteiger partial charge in [0.25, 0.3) is 5.91 Å². The zero-order chi connectivity index (χ0) is 25.8. The maximum atomic E-state index is 13.4. The number of amidine groups is 2. The number of nitrogens with two attached hydrogens (primary N) is 2. The normalized spacial score (nSPS) is 17.2. The average molecular weight is 498 g/mol. The minimum Gasteiger partial charge on any atom is -0.384 e. The maximum Gasteiger partial charge on any atom is 0.325 e. The Balaban J connectivity index is 1.74. The second-order valence-electron chi connectivity index (χ2n) is 8.35. The number of hydrogen-bond acceptors (Lipinski definition) is 7. The van der Waals surface area contributed by atoms with E-state index in [1.807, 2.05) is 0 Å². The summed E-state index contributed by atoms with van der Waals surface area (Å²) in [6.45, 7) is 1.08. The van der Waals surface area contributed by atoms with E-state index in [0.717, 1.165) is 9.78 Å². The van der Waals surface area contributed by atoms with Crippen molar-refractivity contribution in [3.63, 3.8) is 0 Å². The third-order valence-corrected chi connectivity index (χ3v) is 6.70. The van der Waals surface area contributed by atoms with Crippen LogP contribution in [0.15, 0.2) is 36.4 Å². The number of imide groups is 1. The molecule has 0 spiro atoms. The molecule has 35 heavy (non-hydrogen) atoms. The summed E-state index contributed by atoms with van der Waals surface area (Å²) in [5.74, 6) is -1.47. The average Bonchev–Trinajstić information content (AvgIpc) is 3.36. The van der Waals surface area contributed by atoms with Crippen molar-refractivity contribution in [3.8, 4) is 0 Å². The lowest BCUT2D eigenvalue weighted by atomic mass is 9.85. The number of nitrogens with zero attached hydrogens (tertiary/aromatic N) is 1. The molecule has 0 radical (unpaired) electrons. The van der Waals surface area contributed by atoms with Crippen molar-refractivity contribution in [1.82, 2.24) is 15.5 Å². The van der Waals surface area contributed by atoms with Crippen molar-refractivity contribution in [2.75, 3.05) is 6.54 Å². The predicted molar refractivity (Wildman–Crippen MR) is 131 cm³/mol. The molecule has 1 aliphatic rings. The summed E-state index contributed by atoms with van der Waals surface area (Å²) in [4.78, 5) is 52.5. The molecule has 184 valence electrons. The van der Waals surface area contributed by atoms with E-state index in [-0.39, 0.29) is 43.3 Å². The lowest BCUT2D eigenvalue weighted by Gasteiger charge is -2.27. The highest BCUT2D eigenvalue weighted by atomic mass is 32.1. The number of nitrogens with one attached hydrogen (secondary N) is 4. The van der Waals surface area contributed by atoms with E-state index >= 15 is 0 Å². The van der Waals surface area contributed by atoms with Crippen molar-refractivity contribution in [2.24, 2.45) is 11.5 Å². The summed E-state index contributed by atoms with van der Waals surface area (Å²) in [7, 11) is 0. The molecule has 1 aliphatic heterocycles. The smallest absolute Gasteiger partial charge is 0.325 e. The Kier molecular flexibility index (Phi) is 7.65. The van der Waals surface area contributed by atoms with E-state index in [9.17, 15) is 19.2 Å². The number of Topliss-reactive ketones (excluding diaryl/α,β-unsaturated/α-hetero) is 1. The summed E-state index contributed by atoms with van der Waals surface area (Å²) in [6.07, 6.45) is 0.209. The number of carbonyl (C=O) groups is 4. The fourth-order valence-electron chi connectivity index (χ4n) is 3.79. The van der Waals surface area contributed by atoms with Crippen LogP contribution in [-0.2, 0) is 27.3 Å². The van der Waals surface area contributed by atoms with Crippen LogP contribution in [0.3, 0.4) is 0 Å². The zero-order valence-corrected chi connectivity index (χ0v) is 20.0. The Morgan fingerprint density at radius 2 is 1.89 bits per heavy atom. The summed E-state index contributed by atoms with van der Waals surface area (Å²) in [6, 6.07) is 9.45. The molecule has 1 fully saturated rings. The molecule has 4 amide bonds. The number of benzene rings is 1. The molecule has 2 heterocycles. The minimum atomic E-state index is -1.40. The molecule has 1 aromatic carbocycles. The van der Waals surface area contributed by atoms with Gasteiger partial charge in [0.2, 0.25) is 5.91 Å². The first-order chi connectivity index (χ1) is 16.5. The van der Waals surface area contributed by atoms with Gasteiger partial charge in [-0.1, -0.05) is 18.2 Å². The van der Waals surface area contributed by atoms with Crippen molar-refractivity contribution < 1.29 is 19.2 Å². The Bertz CT molecular complexity index is 1210. The summed E-state index contributed by atoms with van der Waals surface area (Å²) >= 11 is 1.26. The van der Waals surface area contributed by atoms with Gasteiger partial charge >= 0.3 is 6.03 Å². The molecular weight excluding hydrogens is 470 g/mol. The maximum absolute atomic E-state index is 13.4. The molecule has 8 N–H and O–H groups in total. The molecule has 1 saturated heterocycles. The number of hydrogen-bond donors (Lipinski definition) is 6. The monoisotopic (exact) mass is 497 g/mol. The van der Waals surface area contributed by atoms with Gasteiger partial charge in [-0.15, -0.1) is 11.3 Å². The highest BCUT2D eigenvalue weighted by Gasteiger charge is 2.51. The predicted octanol–water partition coefficient (Wildman–Crippen LogP) is 0.835. The highest BCUT2D eigenvalue weighted by Crippen LogP contribution is 2.28. The van der Waals surface area contributed by atoms with Crippen molar-refractivity contribution in [1.29, 1.82) is 10.8 Å². The molecule has 0 bridgehead atoms. The standard InChI is InChI=1S/C23H27N7O4S/c1-13(31)7-8-23(10-14-3-2-4-15(9-14)19(24)25)21(33)30(22(34)29-23)12-18(32)28-11-16-5-6-17(35-16)20(26)27/h2-6,9H,7-8,10-12H2,1H3,(H3,24,25)(H3,26,27)(H,28,32)(H,29,34)/t23-/m1/s1. The van der Waals surface area contributed by atoms with Crippen LogP contribution in [0.1, 0.15) is 40.6 Å². The van der Waals surface area contributed by atoms with Crippen LogP contribution >= 0.6 is 11.3 Å². The first kappa shape index (κ1) is 25.6. The zero-order valence-electron chi connectivity index (χ0n) is 19.1. The van der Waals surface area contributed by atoms with Crippen LogP contribution in [0.4, 0.5) is 4.79 Å². The topological polar surface area (TPSA) is 195 Å². The van der Waals surface area contributed by atoms with Crippen molar-refractivity contribution in [2.45, 2.75) is 38.3 Å². The van der Waals surface area contributed by atoms with E-state index < -0.39 is 29.9 Å². The van der Waals surface area contributed by atoms with Crippen LogP contribution in [0, 0.1) is 10.8 Å². The molecule has 1 aromatic heterocycles. The van der Waals surface area contributed by atoms with E-state index in [1.165, 1.54) is 18.3 Å². The van der Waals surface area contributed by atoms with E-state index in [4.69, 9.17) is 22.3 Å². The summed E-state index contributed by atoms with van der Waals surface area (Å²) < 4.78 is 0. The quantitative estimate of drug-likeness (QED) is 0.151. The number of ketones is 1. The molecule has 0 saturated carbocycles. The third kappa shape index (κ3) is 6.09. The van der Waals surface area contributed by atoms with Crippen LogP contribution < -0.4 is 22.1 Å².